The zero-order valence-corrected chi connectivity index (χ0v) is 14.6. The van der Waals surface area contributed by atoms with Crippen LogP contribution in [-0.2, 0) is 6.54 Å². The number of anilines is 1. The molecule has 7 heteroatoms. The fraction of sp³-hybridized carbons (Fsp3) is 0.444. The minimum absolute atomic E-state index is 0.0686. The van der Waals surface area contributed by atoms with Crippen LogP contribution in [0.5, 0.6) is 5.75 Å². The van der Waals surface area contributed by atoms with Crippen LogP contribution < -0.4 is 10.1 Å². The highest BCUT2D eigenvalue weighted by atomic mass is 16.5. The number of para-hydroxylation sites is 2. The number of likely N-dealkylation sites (N-methyl/N-ethyl adjacent to an activating group) is 1. The highest BCUT2D eigenvalue weighted by molar-refractivity contribution is 5.91. The van der Waals surface area contributed by atoms with E-state index in [-0.39, 0.29) is 6.03 Å². The first-order valence-electron chi connectivity index (χ1n) is 8.64. The van der Waals surface area contributed by atoms with Gasteiger partial charge in [0.1, 0.15) is 12.4 Å². The van der Waals surface area contributed by atoms with E-state index in [1.807, 2.05) is 39.9 Å². The Morgan fingerprint density at radius 2 is 2.12 bits per heavy atom. The lowest BCUT2D eigenvalue weighted by atomic mass is 10.3. The van der Waals surface area contributed by atoms with Crippen molar-refractivity contribution in [1.82, 2.24) is 19.4 Å². The van der Waals surface area contributed by atoms with E-state index in [0.29, 0.717) is 24.6 Å². The van der Waals surface area contributed by atoms with Crippen molar-refractivity contribution in [2.75, 3.05) is 45.2 Å². The summed E-state index contributed by atoms with van der Waals surface area (Å²) in [4.78, 5) is 20.7. The molecule has 7 nitrogen and oxygen atoms in total. The average molecular weight is 343 g/mol. The molecule has 0 aliphatic carbocycles. The zero-order valence-electron chi connectivity index (χ0n) is 14.6. The normalized spacial score (nSPS) is 15.6. The molecule has 3 rings (SSSR count). The number of hydrogen-bond donors (Lipinski definition) is 1. The number of aromatic nitrogens is 2. The van der Waals surface area contributed by atoms with Gasteiger partial charge in [-0.3, -0.25) is 0 Å². The Kier molecular flexibility index (Phi) is 5.90. The molecule has 0 bridgehead atoms. The average Bonchev–Trinajstić information content (AvgIpc) is 3.03. The minimum atomic E-state index is -0.0686. The van der Waals surface area contributed by atoms with Crippen molar-refractivity contribution in [2.45, 2.75) is 13.0 Å². The molecule has 1 aliphatic heterocycles. The van der Waals surface area contributed by atoms with Crippen LogP contribution in [0.15, 0.2) is 43.0 Å². The zero-order chi connectivity index (χ0) is 17.5. The van der Waals surface area contributed by atoms with Crippen LogP contribution in [0.2, 0.25) is 0 Å². The van der Waals surface area contributed by atoms with Gasteiger partial charge < -0.3 is 24.4 Å². The molecule has 1 aromatic carbocycles. The Morgan fingerprint density at radius 1 is 1.24 bits per heavy atom. The molecule has 2 heterocycles. The van der Waals surface area contributed by atoms with Crippen LogP contribution in [0, 0.1) is 0 Å². The lowest BCUT2D eigenvalue weighted by molar-refractivity contribution is 0.213. The maximum Gasteiger partial charge on any atom is 0.321 e. The maximum atomic E-state index is 12.6. The number of benzene rings is 1. The Labute approximate surface area is 148 Å². The van der Waals surface area contributed by atoms with Crippen molar-refractivity contribution >= 4 is 11.7 Å². The van der Waals surface area contributed by atoms with Gasteiger partial charge in [0, 0.05) is 32.0 Å². The summed E-state index contributed by atoms with van der Waals surface area (Å²) in [5, 5.41) is 2.99. The number of carbonyl (C=O) groups is 1. The predicted octanol–water partition coefficient (Wildman–Crippen LogP) is 2.13. The fourth-order valence-corrected chi connectivity index (χ4v) is 2.82. The van der Waals surface area contributed by atoms with Crippen LogP contribution in [-0.4, -0.2) is 65.2 Å². The number of nitrogens with one attached hydrogen (secondary N) is 1. The van der Waals surface area contributed by atoms with E-state index in [2.05, 4.69) is 22.2 Å². The first-order valence-corrected chi connectivity index (χ1v) is 8.64. The predicted molar refractivity (Wildman–Crippen MR) is 96.9 cm³/mol. The smallest absolute Gasteiger partial charge is 0.321 e. The molecule has 25 heavy (non-hydrogen) atoms. The number of urea groups is 1. The number of hydrogen-bond acceptors (Lipinski definition) is 4. The Hall–Kier alpha value is -2.54. The van der Waals surface area contributed by atoms with Gasteiger partial charge in [-0.05, 0) is 32.1 Å². The van der Waals surface area contributed by atoms with Gasteiger partial charge in [-0.25, -0.2) is 9.78 Å². The second-order valence-corrected chi connectivity index (χ2v) is 6.22. The Morgan fingerprint density at radius 3 is 2.96 bits per heavy atom. The van der Waals surface area contributed by atoms with Crippen molar-refractivity contribution in [2.24, 2.45) is 0 Å². The van der Waals surface area contributed by atoms with Gasteiger partial charge in [0.05, 0.1) is 18.6 Å². The van der Waals surface area contributed by atoms with E-state index in [9.17, 15) is 4.79 Å². The van der Waals surface area contributed by atoms with E-state index in [4.69, 9.17) is 4.74 Å². The van der Waals surface area contributed by atoms with Gasteiger partial charge in [-0.1, -0.05) is 12.1 Å². The molecule has 0 saturated carbocycles. The quantitative estimate of drug-likeness (QED) is 0.903. The van der Waals surface area contributed by atoms with Crippen molar-refractivity contribution in [3.63, 3.8) is 0 Å². The third kappa shape index (κ3) is 4.96. The highest BCUT2D eigenvalue weighted by Crippen LogP contribution is 2.24. The third-order valence-corrected chi connectivity index (χ3v) is 4.30. The first-order chi connectivity index (χ1) is 12.2. The second-order valence-electron chi connectivity index (χ2n) is 6.22. The van der Waals surface area contributed by atoms with Crippen molar-refractivity contribution in [3.8, 4) is 5.75 Å². The number of nitrogens with zero attached hydrogens (tertiary/aromatic N) is 4. The number of ether oxygens (including phenoxy) is 1. The Bertz CT molecular complexity index is 674. The number of imidazole rings is 1. The summed E-state index contributed by atoms with van der Waals surface area (Å²) in [6.45, 7) is 4.67. The van der Waals surface area contributed by atoms with Crippen LogP contribution in [0.3, 0.4) is 0 Å². The summed E-state index contributed by atoms with van der Waals surface area (Å²) in [7, 11) is 2.09. The third-order valence-electron chi connectivity index (χ3n) is 4.30. The maximum absolute atomic E-state index is 12.6. The number of rotatable bonds is 5. The molecule has 0 radical (unpaired) electrons. The van der Waals surface area contributed by atoms with Gasteiger partial charge in [-0.2, -0.15) is 0 Å². The molecule has 0 atom stereocenters. The molecule has 1 aliphatic rings. The largest absolute Gasteiger partial charge is 0.490 e. The fourth-order valence-electron chi connectivity index (χ4n) is 2.82. The van der Waals surface area contributed by atoms with Crippen LogP contribution >= 0.6 is 0 Å². The monoisotopic (exact) mass is 343 g/mol. The van der Waals surface area contributed by atoms with Crippen molar-refractivity contribution < 1.29 is 9.53 Å². The molecule has 1 N–H and O–H groups in total. The molecule has 2 aromatic rings. The van der Waals surface area contributed by atoms with Crippen molar-refractivity contribution in [1.29, 1.82) is 0 Å². The van der Waals surface area contributed by atoms with Crippen LogP contribution in [0.1, 0.15) is 6.42 Å². The van der Waals surface area contributed by atoms with E-state index >= 15 is 0 Å². The molecule has 1 fully saturated rings. The number of amides is 2. The van der Waals surface area contributed by atoms with Gasteiger partial charge in [0.2, 0.25) is 0 Å². The van der Waals surface area contributed by atoms with Crippen LogP contribution in [0.25, 0.3) is 0 Å². The van der Waals surface area contributed by atoms with E-state index < -0.39 is 0 Å². The summed E-state index contributed by atoms with van der Waals surface area (Å²) in [5.74, 6) is 0.683. The highest BCUT2D eigenvalue weighted by Gasteiger charge is 2.18. The summed E-state index contributed by atoms with van der Waals surface area (Å²) in [6, 6.07) is 7.48. The van der Waals surface area contributed by atoms with E-state index in [1.165, 1.54) is 0 Å². The summed E-state index contributed by atoms with van der Waals surface area (Å²) in [6.07, 6.45) is 6.39. The topological polar surface area (TPSA) is 62.6 Å². The van der Waals surface area contributed by atoms with Crippen molar-refractivity contribution in [3.05, 3.63) is 43.0 Å². The van der Waals surface area contributed by atoms with E-state index in [0.717, 1.165) is 32.6 Å². The molecule has 0 spiro atoms. The lowest BCUT2D eigenvalue weighted by Gasteiger charge is -2.22. The lowest BCUT2D eigenvalue weighted by Crippen LogP contribution is -2.37. The minimum Gasteiger partial charge on any atom is -0.490 e. The van der Waals surface area contributed by atoms with Gasteiger partial charge >= 0.3 is 6.03 Å². The second kappa shape index (κ2) is 8.53. The van der Waals surface area contributed by atoms with E-state index in [1.54, 1.807) is 12.5 Å². The van der Waals surface area contributed by atoms with Gasteiger partial charge in [-0.15, -0.1) is 0 Å². The summed E-state index contributed by atoms with van der Waals surface area (Å²) < 4.78 is 7.80. The molecule has 0 unspecified atom stereocenters. The molecule has 134 valence electrons. The summed E-state index contributed by atoms with van der Waals surface area (Å²) >= 11 is 0. The SMILES string of the molecule is CN1CCCN(C(=O)Nc2ccccc2OCCn2ccnc2)CC1. The molecular weight excluding hydrogens is 318 g/mol. The molecule has 2 amide bonds. The van der Waals surface area contributed by atoms with Crippen LogP contribution in [0.4, 0.5) is 10.5 Å². The first kappa shape index (κ1) is 17.3. The molecule has 1 saturated heterocycles. The van der Waals surface area contributed by atoms with Gasteiger partial charge in [0.25, 0.3) is 0 Å². The molecular formula is C18H25N5O2. The standard InChI is InChI=1S/C18H25N5O2/c1-21-8-4-9-23(12-11-21)18(24)20-16-5-2-3-6-17(16)25-14-13-22-10-7-19-15-22/h2-3,5-7,10,15H,4,8-9,11-14H2,1H3,(H,20,24). The summed E-state index contributed by atoms with van der Waals surface area (Å²) in [5.41, 5.74) is 0.704. The Balaban J connectivity index is 1.57. The number of carbonyl (C=O) groups excluding carboxylic acids is 1. The van der Waals surface area contributed by atoms with Gasteiger partial charge in [0.15, 0.2) is 0 Å². The molecule has 1 aromatic heterocycles.